The Morgan fingerprint density at radius 1 is 0.963 bits per heavy atom. The molecule has 0 spiro atoms. The number of H-pyrrole nitrogens is 1. The molecule has 1 saturated heterocycles. The van der Waals surface area contributed by atoms with Gasteiger partial charge in [-0.2, -0.15) is 4.98 Å². The number of piperidine rings is 1. The Balaban J connectivity index is 1.62. The molecule has 3 aromatic rings. The molecule has 0 radical (unpaired) electrons. The van der Waals surface area contributed by atoms with Gasteiger partial charge in [-0.15, -0.1) is 0 Å². The second kappa shape index (κ2) is 7.99. The van der Waals surface area contributed by atoms with Gasteiger partial charge in [-0.05, 0) is 36.5 Å². The zero-order valence-corrected chi connectivity index (χ0v) is 15.1. The summed E-state index contributed by atoms with van der Waals surface area (Å²) in [6.07, 6.45) is 13.0. The highest BCUT2D eigenvalue weighted by molar-refractivity contribution is 5.85. The van der Waals surface area contributed by atoms with Crippen molar-refractivity contribution in [3.8, 4) is 0 Å². The average molecular weight is 358 g/mol. The van der Waals surface area contributed by atoms with E-state index in [1.165, 1.54) is 6.42 Å². The van der Waals surface area contributed by atoms with Gasteiger partial charge in [0.1, 0.15) is 0 Å². The molecule has 1 aliphatic heterocycles. The molecule has 0 amide bonds. The van der Waals surface area contributed by atoms with Crippen LogP contribution in [0.4, 0.5) is 5.95 Å². The second-order valence-corrected chi connectivity index (χ2v) is 6.66. The van der Waals surface area contributed by atoms with E-state index in [4.69, 9.17) is 0 Å². The van der Waals surface area contributed by atoms with Gasteiger partial charge in [0.15, 0.2) is 5.65 Å². The van der Waals surface area contributed by atoms with Gasteiger partial charge in [-0.3, -0.25) is 9.78 Å². The van der Waals surface area contributed by atoms with E-state index in [1.807, 2.05) is 60.7 Å². The summed E-state index contributed by atoms with van der Waals surface area (Å²) in [7, 11) is 0. The van der Waals surface area contributed by atoms with E-state index in [0.29, 0.717) is 17.0 Å². The monoisotopic (exact) mass is 358 g/mol. The first-order chi connectivity index (χ1) is 13.3. The van der Waals surface area contributed by atoms with Crippen molar-refractivity contribution in [2.75, 3.05) is 18.0 Å². The maximum Gasteiger partial charge on any atom is 0.262 e. The van der Waals surface area contributed by atoms with Gasteiger partial charge in [0.2, 0.25) is 5.95 Å². The fourth-order valence-corrected chi connectivity index (χ4v) is 3.36. The van der Waals surface area contributed by atoms with Gasteiger partial charge in [0, 0.05) is 19.3 Å². The minimum Gasteiger partial charge on any atom is -0.342 e. The zero-order valence-electron chi connectivity index (χ0n) is 15.1. The van der Waals surface area contributed by atoms with Gasteiger partial charge in [-0.25, -0.2) is 4.98 Å². The van der Waals surface area contributed by atoms with Crippen LogP contribution in [0.2, 0.25) is 0 Å². The number of aromatic nitrogens is 3. The van der Waals surface area contributed by atoms with E-state index >= 15 is 0 Å². The average Bonchev–Trinajstić information content (AvgIpc) is 2.72. The fraction of sp³-hybridized carbons (Fsp3) is 0.227. The van der Waals surface area contributed by atoms with Crippen LogP contribution in [0.3, 0.4) is 0 Å². The highest BCUT2D eigenvalue weighted by Crippen LogP contribution is 2.18. The quantitative estimate of drug-likeness (QED) is 0.715. The van der Waals surface area contributed by atoms with Crippen LogP contribution in [0.25, 0.3) is 23.2 Å². The minimum absolute atomic E-state index is 0.139. The number of nitrogens with one attached hydrogen (secondary N) is 1. The predicted octanol–water partition coefficient (Wildman–Crippen LogP) is 4.04. The van der Waals surface area contributed by atoms with Crippen molar-refractivity contribution in [3.63, 3.8) is 0 Å². The van der Waals surface area contributed by atoms with Crippen molar-refractivity contribution in [1.82, 2.24) is 15.0 Å². The van der Waals surface area contributed by atoms with Crippen LogP contribution in [-0.4, -0.2) is 28.0 Å². The van der Waals surface area contributed by atoms with Crippen LogP contribution in [0, 0.1) is 0 Å². The highest BCUT2D eigenvalue weighted by Gasteiger charge is 2.15. The summed E-state index contributed by atoms with van der Waals surface area (Å²) in [4.78, 5) is 26.7. The Kier molecular flexibility index (Phi) is 5.10. The molecule has 27 heavy (non-hydrogen) atoms. The minimum atomic E-state index is -0.139. The van der Waals surface area contributed by atoms with E-state index in [1.54, 1.807) is 6.20 Å². The molecule has 0 bridgehead atoms. The number of rotatable bonds is 4. The molecule has 1 N–H and O–H groups in total. The number of nitrogens with zero attached hydrogens (tertiary/aromatic N) is 3. The van der Waals surface area contributed by atoms with Gasteiger partial charge >= 0.3 is 0 Å². The Labute approximate surface area is 158 Å². The third-order valence-electron chi connectivity index (χ3n) is 4.76. The topological polar surface area (TPSA) is 61.9 Å². The molecule has 136 valence electrons. The fourth-order valence-electron chi connectivity index (χ4n) is 3.36. The van der Waals surface area contributed by atoms with Crippen LogP contribution in [0.1, 0.15) is 30.4 Å². The third-order valence-corrected chi connectivity index (χ3v) is 4.76. The molecule has 4 rings (SSSR count). The SMILES string of the molecule is O=c1[nH]c(N2CCCCC2)nc2nccc(/C=C/C=C/c3ccccc3)c12. The summed E-state index contributed by atoms with van der Waals surface area (Å²) in [5, 5.41) is 0.530. The molecule has 0 aliphatic carbocycles. The van der Waals surface area contributed by atoms with E-state index < -0.39 is 0 Å². The molecule has 5 nitrogen and oxygen atoms in total. The van der Waals surface area contributed by atoms with E-state index in [0.717, 1.165) is 37.1 Å². The van der Waals surface area contributed by atoms with Crippen molar-refractivity contribution in [2.45, 2.75) is 19.3 Å². The van der Waals surface area contributed by atoms with Gasteiger partial charge in [0.05, 0.1) is 5.39 Å². The summed E-state index contributed by atoms with van der Waals surface area (Å²) >= 11 is 0. The second-order valence-electron chi connectivity index (χ2n) is 6.66. The van der Waals surface area contributed by atoms with Gasteiger partial charge in [0.25, 0.3) is 5.56 Å². The number of aromatic amines is 1. The van der Waals surface area contributed by atoms with Crippen molar-refractivity contribution in [3.05, 3.63) is 76.2 Å². The lowest BCUT2D eigenvalue weighted by molar-refractivity contribution is 0.568. The smallest absolute Gasteiger partial charge is 0.262 e. The number of hydrogen-bond donors (Lipinski definition) is 1. The van der Waals surface area contributed by atoms with E-state index in [2.05, 4.69) is 19.9 Å². The first-order valence-corrected chi connectivity index (χ1v) is 9.35. The molecule has 1 aromatic carbocycles. The standard InChI is InChI=1S/C22H22N4O/c27-21-19-18(12-6-5-11-17-9-3-1-4-10-17)13-14-23-20(19)24-22(25-21)26-15-7-2-8-16-26/h1,3-6,9-14H,2,7-8,15-16H2,(H,23,24,25,27)/b11-5+,12-6+. The molecule has 0 atom stereocenters. The van der Waals surface area contributed by atoms with Crippen molar-refractivity contribution >= 4 is 29.1 Å². The van der Waals surface area contributed by atoms with Crippen LogP contribution < -0.4 is 10.5 Å². The van der Waals surface area contributed by atoms with Crippen LogP contribution in [0.5, 0.6) is 0 Å². The largest absolute Gasteiger partial charge is 0.342 e. The van der Waals surface area contributed by atoms with Crippen LogP contribution in [0.15, 0.2) is 59.5 Å². The number of allylic oxidation sites excluding steroid dienone is 2. The van der Waals surface area contributed by atoms with Crippen LogP contribution in [-0.2, 0) is 0 Å². The number of anilines is 1. The molecular formula is C22H22N4O. The molecule has 1 fully saturated rings. The Hall–Kier alpha value is -3.21. The molecule has 3 heterocycles. The third kappa shape index (κ3) is 3.97. The van der Waals surface area contributed by atoms with Gasteiger partial charge < -0.3 is 4.90 Å². The zero-order chi connectivity index (χ0) is 18.5. The van der Waals surface area contributed by atoms with E-state index in [-0.39, 0.29) is 5.56 Å². The molecule has 0 saturated carbocycles. The lowest BCUT2D eigenvalue weighted by atomic mass is 10.1. The Bertz CT molecular complexity index is 1030. The Morgan fingerprint density at radius 3 is 2.56 bits per heavy atom. The predicted molar refractivity (Wildman–Crippen MR) is 111 cm³/mol. The molecule has 1 aliphatic rings. The lowest BCUT2D eigenvalue weighted by Gasteiger charge is -2.26. The number of hydrogen-bond acceptors (Lipinski definition) is 4. The maximum atomic E-state index is 12.7. The lowest BCUT2D eigenvalue weighted by Crippen LogP contribution is -2.32. The highest BCUT2D eigenvalue weighted by atomic mass is 16.1. The molecular weight excluding hydrogens is 336 g/mol. The molecule has 0 unspecified atom stereocenters. The summed E-state index contributed by atoms with van der Waals surface area (Å²) in [5.41, 5.74) is 2.30. The van der Waals surface area contributed by atoms with Crippen molar-refractivity contribution in [1.29, 1.82) is 0 Å². The summed E-state index contributed by atoms with van der Waals surface area (Å²) in [6, 6.07) is 11.9. The summed E-state index contributed by atoms with van der Waals surface area (Å²) < 4.78 is 0. The van der Waals surface area contributed by atoms with Crippen molar-refractivity contribution in [2.24, 2.45) is 0 Å². The Morgan fingerprint density at radius 2 is 1.74 bits per heavy atom. The summed E-state index contributed by atoms with van der Waals surface area (Å²) in [6.45, 7) is 1.86. The van der Waals surface area contributed by atoms with E-state index in [9.17, 15) is 4.79 Å². The summed E-state index contributed by atoms with van der Waals surface area (Å²) in [5.74, 6) is 0.629. The van der Waals surface area contributed by atoms with Gasteiger partial charge in [-0.1, -0.05) is 54.6 Å². The molecule has 2 aromatic heterocycles. The first-order valence-electron chi connectivity index (χ1n) is 9.35. The maximum absolute atomic E-state index is 12.7. The number of fused-ring (bicyclic) bond motifs is 1. The first kappa shape index (κ1) is 17.2. The molecule has 5 heteroatoms. The van der Waals surface area contributed by atoms with Crippen LogP contribution >= 0.6 is 0 Å². The van der Waals surface area contributed by atoms with Crippen molar-refractivity contribution < 1.29 is 0 Å². The number of benzene rings is 1. The normalized spacial score (nSPS) is 15.2. The number of pyridine rings is 1.